The van der Waals surface area contributed by atoms with Crippen LogP contribution in [-0.4, -0.2) is 24.8 Å². The normalized spacial score (nSPS) is 14.7. The van der Waals surface area contributed by atoms with Gasteiger partial charge in [-0.2, -0.15) is 0 Å². The van der Waals surface area contributed by atoms with Crippen molar-refractivity contribution in [1.82, 2.24) is 4.90 Å². The zero-order valence-corrected chi connectivity index (χ0v) is 10.3. The zero-order chi connectivity index (χ0) is 12.3. The lowest BCUT2D eigenvalue weighted by Gasteiger charge is -2.21. The SMILES string of the molecule is COc1ccccc1CN(C)C1=CC(=O)CC1. The van der Waals surface area contributed by atoms with Gasteiger partial charge < -0.3 is 9.64 Å². The van der Waals surface area contributed by atoms with Gasteiger partial charge in [0.2, 0.25) is 0 Å². The van der Waals surface area contributed by atoms with Crippen molar-refractivity contribution >= 4 is 5.78 Å². The van der Waals surface area contributed by atoms with Gasteiger partial charge in [0.15, 0.2) is 5.78 Å². The van der Waals surface area contributed by atoms with Crippen molar-refractivity contribution in [2.75, 3.05) is 14.2 Å². The number of methoxy groups -OCH3 is 1. The van der Waals surface area contributed by atoms with Crippen molar-refractivity contribution in [1.29, 1.82) is 0 Å². The molecular formula is C14H17NO2. The van der Waals surface area contributed by atoms with Crippen LogP contribution >= 0.6 is 0 Å². The first-order valence-electron chi connectivity index (χ1n) is 5.77. The predicted octanol–water partition coefficient (Wildman–Crippen LogP) is 2.37. The van der Waals surface area contributed by atoms with Crippen LogP contribution in [0, 0.1) is 0 Å². The first-order chi connectivity index (χ1) is 8.20. The van der Waals surface area contributed by atoms with E-state index in [4.69, 9.17) is 4.74 Å². The maximum Gasteiger partial charge on any atom is 0.157 e. The minimum Gasteiger partial charge on any atom is -0.496 e. The highest BCUT2D eigenvalue weighted by Gasteiger charge is 2.16. The molecule has 2 rings (SSSR count). The number of carbonyl (C=O) groups is 1. The topological polar surface area (TPSA) is 29.5 Å². The Labute approximate surface area is 102 Å². The molecule has 90 valence electrons. The third-order valence-electron chi connectivity index (χ3n) is 3.05. The molecule has 0 heterocycles. The maximum atomic E-state index is 11.2. The lowest BCUT2D eigenvalue weighted by Crippen LogP contribution is -2.16. The summed E-state index contributed by atoms with van der Waals surface area (Å²) in [4.78, 5) is 13.3. The molecule has 0 aromatic heterocycles. The quantitative estimate of drug-likeness (QED) is 0.796. The van der Waals surface area contributed by atoms with E-state index in [1.165, 1.54) is 0 Å². The Morgan fingerprint density at radius 3 is 2.71 bits per heavy atom. The number of allylic oxidation sites excluding steroid dienone is 2. The van der Waals surface area contributed by atoms with Crippen molar-refractivity contribution in [2.24, 2.45) is 0 Å². The summed E-state index contributed by atoms with van der Waals surface area (Å²) in [5, 5.41) is 0. The van der Waals surface area contributed by atoms with Crippen LogP contribution in [0.15, 0.2) is 36.0 Å². The molecule has 1 aliphatic carbocycles. The van der Waals surface area contributed by atoms with E-state index >= 15 is 0 Å². The molecule has 0 aliphatic heterocycles. The largest absolute Gasteiger partial charge is 0.496 e. The number of hydrogen-bond donors (Lipinski definition) is 0. The van der Waals surface area contributed by atoms with Gasteiger partial charge in [0.05, 0.1) is 7.11 Å². The highest BCUT2D eigenvalue weighted by atomic mass is 16.5. The number of ketones is 1. The Morgan fingerprint density at radius 2 is 2.06 bits per heavy atom. The summed E-state index contributed by atoms with van der Waals surface area (Å²) in [6.45, 7) is 0.767. The Hall–Kier alpha value is -1.77. The van der Waals surface area contributed by atoms with Crippen LogP contribution in [0.3, 0.4) is 0 Å². The van der Waals surface area contributed by atoms with Crippen LogP contribution in [0.25, 0.3) is 0 Å². The van der Waals surface area contributed by atoms with Crippen LogP contribution in [-0.2, 0) is 11.3 Å². The lowest BCUT2D eigenvalue weighted by molar-refractivity contribution is -0.114. The van der Waals surface area contributed by atoms with Gasteiger partial charge in [-0.15, -0.1) is 0 Å². The first kappa shape index (κ1) is 11.7. The van der Waals surface area contributed by atoms with E-state index in [2.05, 4.69) is 4.90 Å². The zero-order valence-electron chi connectivity index (χ0n) is 10.3. The fourth-order valence-corrected chi connectivity index (χ4v) is 2.07. The molecule has 3 heteroatoms. The van der Waals surface area contributed by atoms with Gasteiger partial charge in [0.1, 0.15) is 5.75 Å². The molecule has 0 unspecified atom stereocenters. The number of nitrogens with zero attached hydrogens (tertiary/aromatic N) is 1. The van der Waals surface area contributed by atoms with Gasteiger partial charge in [0.25, 0.3) is 0 Å². The minimum atomic E-state index is 0.229. The predicted molar refractivity (Wildman–Crippen MR) is 66.8 cm³/mol. The van der Waals surface area contributed by atoms with E-state index in [-0.39, 0.29) is 5.78 Å². The average molecular weight is 231 g/mol. The van der Waals surface area contributed by atoms with E-state index in [9.17, 15) is 4.79 Å². The highest BCUT2D eigenvalue weighted by Crippen LogP contribution is 2.23. The molecule has 1 aliphatic rings. The third-order valence-corrected chi connectivity index (χ3v) is 3.05. The molecule has 0 saturated heterocycles. The summed E-state index contributed by atoms with van der Waals surface area (Å²) in [6, 6.07) is 7.96. The van der Waals surface area contributed by atoms with Gasteiger partial charge in [-0.05, 0) is 12.5 Å². The van der Waals surface area contributed by atoms with E-state index in [0.29, 0.717) is 6.42 Å². The molecule has 3 nitrogen and oxygen atoms in total. The van der Waals surface area contributed by atoms with Crippen LogP contribution in [0.5, 0.6) is 5.75 Å². The standard InChI is InChI=1S/C14H17NO2/c1-15(12-7-8-13(16)9-12)10-11-5-3-4-6-14(11)17-2/h3-6,9H,7-8,10H2,1-2H3. The summed E-state index contributed by atoms with van der Waals surface area (Å²) in [7, 11) is 3.69. The highest BCUT2D eigenvalue weighted by molar-refractivity contribution is 5.92. The van der Waals surface area contributed by atoms with Gasteiger partial charge in [-0.1, -0.05) is 18.2 Å². The number of carbonyl (C=O) groups excluding carboxylic acids is 1. The van der Waals surface area contributed by atoms with Gasteiger partial charge >= 0.3 is 0 Å². The molecule has 1 aromatic carbocycles. The van der Waals surface area contributed by atoms with E-state index in [1.807, 2.05) is 31.3 Å². The van der Waals surface area contributed by atoms with Crippen LogP contribution in [0.2, 0.25) is 0 Å². The summed E-state index contributed by atoms with van der Waals surface area (Å²) < 4.78 is 5.32. The second kappa shape index (κ2) is 5.04. The molecule has 0 amide bonds. The maximum absolute atomic E-state index is 11.2. The number of para-hydroxylation sites is 1. The van der Waals surface area contributed by atoms with E-state index in [0.717, 1.165) is 30.0 Å². The second-order valence-corrected chi connectivity index (χ2v) is 4.27. The number of ether oxygens (including phenoxy) is 1. The van der Waals surface area contributed by atoms with E-state index in [1.54, 1.807) is 13.2 Å². The third kappa shape index (κ3) is 2.67. The van der Waals surface area contributed by atoms with Crippen molar-refractivity contribution in [3.63, 3.8) is 0 Å². The van der Waals surface area contributed by atoms with Crippen LogP contribution in [0.4, 0.5) is 0 Å². The minimum absolute atomic E-state index is 0.229. The monoisotopic (exact) mass is 231 g/mol. The summed E-state index contributed by atoms with van der Waals surface area (Å²) in [5.41, 5.74) is 2.25. The molecule has 0 fully saturated rings. The Kier molecular flexibility index (Phi) is 3.47. The smallest absolute Gasteiger partial charge is 0.157 e. The molecule has 0 bridgehead atoms. The average Bonchev–Trinajstić information content (AvgIpc) is 2.77. The molecule has 1 aromatic rings. The van der Waals surface area contributed by atoms with Crippen molar-refractivity contribution in [3.05, 3.63) is 41.6 Å². The van der Waals surface area contributed by atoms with E-state index < -0.39 is 0 Å². The van der Waals surface area contributed by atoms with Crippen LogP contribution < -0.4 is 4.74 Å². The lowest BCUT2D eigenvalue weighted by atomic mass is 10.2. The van der Waals surface area contributed by atoms with Crippen molar-refractivity contribution < 1.29 is 9.53 Å². The fourth-order valence-electron chi connectivity index (χ4n) is 2.07. The number of hydrogen-bond acceptors (Lipinski definition) is 3. The Bertz CT molecular complexity index is 451. The molecule has 0 spiro atoms. The first-order valence-corrected chi connectivity index (χ1v) is 5.77. The Morgan fingerprint density at radius 1 is 1.29 bits per heavy atom. The van der Waals surface area contributed by atoms with Gasteiger partial charge in [-0.25, -0.2) is 0 Å². The number of benzene rings is 1. The molecular weight excluding hydrogens is 214 g/mol. The van der Waals surface area contributed by atoms with Crippen molar-refractivity contribution in [2.45, 2.75) is 19.4 Å². The Balaban J connectivity index is 2.10. The number of rotatable bonds is 4. The fraction of sp³-hybridized carbons (Fsp3) is 0.357. The van der Waals surface area contributed by atoms with Gasteiger partial charge in [-0.3, -0.25) is 4.79 Å². The van der Waals surface area contributed by atoms with Crippen LogP contribution in [0.1, 0.15) is 18.4 Å². The molecule has 0 radical (unpaired) electrons. The molecule has 0 saturated carbocycles. The summed E-state index contributed by atoms with van der Waals surface area (Å²) >= 11 is 0. The van der Waals surface area contributed by atoms with Crippen molar-refractivity contribution in [3.8, 4) is 5.75 Å². The summed E-state index contributed by atoms with van der Waals surface area (Å²) in [6.07, 6.45) is 3.24. The summed E-state index contributed by atoms with van der Waals surface area (Å²) in [5.74, 6) is 1.12. The second-order valence-electron chi connectivity index (χ2n) is 4.27. The van der Waals surface area contributed by atoms with Gasteiger partial charge in [0, 0.05) is 37.3 Å². The molecule has 17 heavy (non-hydrogen) atoms. The molecule has 0 N–H and O–H groups in total. The molecule has 0 atom stereocenters.